The lowest BCUT2D eigenvalue weighted by atomic mass is 10.4. The molecule has 6 heteroatoms. The Morgan fingerprint density at radius 3 is 2.40 bits per heavy atom. The molecule has 0 heterocycles. The van der Waals surface area contributed by atoms with Gasteiger partial charge in [0.2, 0.25) is 5.91 Å². The lowest BCUT2D eigenvalue weighted by molar-refractivity contribution is -0.118. The van der Waals surface area contributed by atoms with Crippen molar-refractivity contribution in [2.45, 2.75) is 4.83 Å². The second kappa shape index (κ2) is 4.68. The van der Waals surface area contributed by atoms with E-state index in [1.165, 1.54) is 0 Å². The number of halogens is 2. The Bertz CT molecular complexity index is 150. The first kappa shape index (κ1) is 9.90. The Kier molecular flexibility index (Phi) is 4.63. The van der Waals surface area contributed by atoms with Crippen molar-refractivity contribution in [3.05, 3.63) is 0 Å². The number of alkyl halides is 2. The second-order valence-corrected chi connectivity index (χ2v) is 3.23. The molecule has 58 valence electrons. The second-order valence-electron chi connectivity index (χ2n) is 1.48. The summed E-state index contributed by atoms with van der Waals surface area (Å²) in [6.07, 6.45) is 0. The maximum absolute atomic E-state index is 10.7. The number of amides is 3. The summed E-state index contributed by atoms with van der Waals surface area (Å²) in [7, 11) is 0. The number of nitrogens with one attached hydrogen (secondary N) is 1. The number of rotatable bonds is 2. The highest BCUT2D eigenvalue weighted by atomic mass is 79.9. The molecule has 0 aromatic carbocycles. The van der Waals surface area contributed by atoms with Gasteiger partial charge in [-0.05, 0) is 0 Å². The van der Waals surface area contributed by atoms with Crippen LogP contribution >= 0.6 is 31.9 Å². The van der Waals surface area contributed by atoms with Gasteiger partial charge < -0.3 is 5.73 Å². The molecule has 3 N–H and O–H groups in total. The number of carbonyl (C=O) groups is 2. The van der Waals surface area contributed by atoms with Gasteiger partial charge in [-0.2, -0.15) is 0 Å². The van der Waals surface area contributed by atoms with Crippen molar-refractivity contribution in [1.29, 1.82) is 0 Å². The van der Waals surface area contributed by atoms with Crippen LogP contribution in [-0.2, 0) is 4.79 Å². The maximum Gasteiger partial charge on any atom is 0.318 e. The van der Waals surface area contributed by atoms with Crippen LogP contribution in [0, 0.1) is 0 Å². The summed E-state index contributed by atoms with van der Waals surface area (Å²) in [4.78, 5) is 20.4. The van der Waals surface area contributed by atoms with E-state index in [0.717, 1.165) is 0 Å². The van der Waals surface area contributed by atoms with Gasteiger partial charge in [-0.15, -0.1) is 0 Å². The molecule has 0 saturated carbocycles. The van der Waals surface area contributed by atoms with Crippen LogP contribution in [0.3, 0.4) is 0 Å². The molecule has 4 nitrogen and oxygen atoms in total. The summed E-state index contributed by atoms with van der Waals surface area (Å²) in [5, 5.41) is 2.35. The molecule has 0 aromatic heterocycles. The number of hydrogen-bond donors (Lipinski definition) is 2. The molecule has 0 aromatic rings. The molecule has 1 atom stereocenters. The van der Waals surface area contributed by atoms with Crippen LogP contribution in [0.15, 0.2) is 0 Å². The summed E-state index contributed by atoms with van der Waals surface area (Å²) in [6.45, 7) is 0. The SMILES string of the molecule is NC(=O)NC(=O)C(Br)CBr. The third-order valence-electron chi connectivity index (χ3n) is 0.666. The molecule has 10 heavy (non-hydrogen) atoms. The highest BCUT2D eigenvalue weighted by Gasteiger charge is 2.13. The average Bonchev–Trinajstić information content (AvgIpc) is 1.85. The van der Waals surface area contributed by atoms with E-state index in [2.05, 4.69) is 37.6 Å². The molecule has 3 amide bonds. The van der Waals surface area contributed by atoms with Crippen molar-refractivity contribution in [2.24, 2.45) is 5.73 Å². The Morgan fingerprint density at radius 2 is 2.10 bits per heavy atom. The normalized spacial score (nSPS) is 12.2. The summed E-state index contributed by atoms with van der Waals surface area (Å²) in [5.41, 5.74) is 4.68. The smallest absolute Gasteiger partial charge is 0.318 e. The summed E-state index contributed by atoms with van der Waals surface area (Å²) < 4.78 is 0. The average molecular weight is 274 g/mol. The Labute approximate surface area is 74.8 Å². The van der Waals surface area contributed by atoms with Gasteiger partial charge in [-0.25, -0.2) is 4.79 Å². The Balaban J connectivity index is 3.73. The van der Waals surface area contributed by atoms with E-state index in [4.69, 9.17) is 0 Å². The standard InChI is InChI=1S/C4H6Br2N2O2/c5-1-2(6)3(9)8-4(7)10/h2H,1H2,(H3,7,8,9,10). The summed E-state index contributed by atoms with van der Waals surface area (Å²) >= 11 is 6.05. The molecule has 0 bridgehead atoms. The highest BCUT2D eigenvalue weighted by Crippen LogP contribution is 2.02. The fraction of sp³-hybridized carbons (Fsp3) is 0.500. The zero-order valence-corrected chi connectivity index (χ0v) is 8.11. The topological polar surface area (TPSA) is 72.2 Å². The minimum Gasteiger partial charge on any atom is -0.351 e. The van der Waals surface area contributed by atoms with Gasteiger partial charge in [-0.3, -0.25) is 10.1 Å². The van der Waals surface area contributed by atoms with E-state index < -0.39 is 16.8 Å². The molecule has 0 spiro atoms. The third kappa shape index (κ3) is 3.84. The largest absolute Gasteiger partial charge is 0.351 e. The van der Waals surface area contributed by atoms with E-state index >= 15 is 0 Å². The van der Waals surface area contributed by atoms with Gasteiger partial charge in [0, 0.05) is 5.33 Å². The first-order chi connectivity index (χ1) is 4.57. The monoisotopic (exact) mass is 272 g/mol. The first-order valence-electron chi connectivity index (χ1n) is 2.38. The number of carbonyl (C=O) groups excluding carboxylic acids is 2. The Morgan fingerprint density at radius 1 is 1.60 bits per heavy atom. The molecule has 0 saturated heterocycles. The number of hydrogen-bond acceptors (Lipinski definition) is 2. The first-order valence-corrected chi connectivity index (χ1v) is 4.42. The minimum atomic E-state index is -0.838. The highest BCUT2D eigenvalue weighted by molar-refractivity contribution is 9.12. The number of urea groups is 1. The van der Waals surface area contributed by atoms with E-state index in [1.807, 2.05) is 5.32 Å². The third-order valence-corrected chi connectivity index (χ3v) is 2.92. The molecule has 1 unspecified atom stereocenters. The van der Waals surface area contributed by atoms with Crippen LogP contribution in [-0.4, -0.2) is 22.1 Å². The molecule has 0 rings (SSSR count). The fourth-order valence-electron chi connectivity index (χ4n) is 0.270. The van der Waals surface area contributed by atoms with Crippen molar-refractivity contribution in [3.63, 3.8) is 0 Å². The summed E-state index contributed by atoms with van der Waals surface area (Å²) in [6, 6.07) is -0.838. The zero-order chi connectivity index (χ0) is 8.15. The van der Waals surface area contributed by atoms with Crippen molar-refractivity contribution in [2.75, 3.05) is 5.33 Å². The van der Waals surface area contributed by atoms with Gasteiger partial charge in [0.1, 0.15) is 4.83 Å². The van der Waals surface area contributed by atoms with E-state index in [-0.39, 0.29) is 0 Å². The van der Waals surface area contributed by atoms with Crippen LogP contribution in [0.4, 0.5) is 4.79 Å². The van der Waals surface area contributed by atoms with Gasteiger partial charge in [0.15, 0.2) is 0 Å². The predicted molar refractivity (Wildman–Crippen MR) is 44.2 cm³/mol. The number of nitrogens with two attached hydrogens (primary N) is 1. The number of primary amides is 1. The van der Waals surface area contributed by atoms with Crippen molar-refractivity contribution < 1.29 is 9.59 Å². The molecule has 0 aliphatic heterocycles. The van der Waals surface area contributed by atoms with Crippen molar-refractivity contribution in [1.82, 2.24) is 5.32 Å². The van der Waals surface area contributed by atoms with Gasteiger partial charge in [-0.1, -0.05) is 31.9 Å². The molecule has 0 radical (unpaired) electrons. The van der Waals surface area contributed by atoms with Crippen LogP contribution in [0.25, 0.3) is 0 Å². The predicted octanol–water partition coefficient (Wildman–Crippen LogP) is 0.340. The van der Waals surface area contributed by atoms with Gasteiger partial charge in [0.25, 0.3) is 0 Å². The minimum absolute atomic E-state index is 0.417. The van der Waals surface area contributed by atoms with Crippen LogP contribution in [0.2, 0.25) is 0 Å². The maximum atomic E-state index is 10.7. The molecule has 0 aliphatic rings. The van der Waals surface area contributed by atoms with Crippen molar-refractivity contribution >= 4 is 43.8 Å². The molecular formula is C4H6Br2N2O2. The van der Waals surface area contributed by atoms with Crippen LogP contribution < -0.4 is 11.1 Å². The van der Waals surface area contributed by atoms with E-state index in [1.54, 1.807) is 0 Å². The molecule has 0 fully saturated rings. The van der Waals surface area contributed by atoms with Crippen molar-refractivity contribution in [3.8, 4) is 0 Å². The Hall–Kier alpha value is -0.100. The fourth-order valence-corrected chi connectivity index (χ4v) is 0.678. The van der Waals surface area contributed by atoms with Crippen LogP contribution in [0.1, 0.15) is 0 Å². The quantitative estimate of drug-likeness (QED) is 0.712. The summed E-state index contributed by atoms with van der Waals surface area (Å²) in [5.74, 6) is -0.440. The van der Waals surface area contributed by atoms with Gasteiger partial charge in [0.05, 0.1) is 0 Å². The van der Waals surface area contributed by atoms with E-state index in [0.29, 0.717) is 5.33 Å². The molecular weight excluding hydrogens is 268 g/mol. The zero-order valence-electron chi connectivity index (χ0n) is 4.93. The lowest BCUT2D eigenvalue weighted by Gasteiger charge is -2.02. The van der Waals surface area contributed by atoms with E-state index in [9.17, 15) is 9.59 Å². The number of imide groups is 1. The molecule has 0 aliphatic carbocycles. The lowest BCUT2D eigenvalue weighted by Crippen LogP contribution is -2.40. The van der Waals surface area contributed by atoms with Gasteiger partial charge >= 0.3 is 6.03 Å². The van der Waals surface area contributed by atoms with Crippen LogP contribution in [0.5, 0.6) is 0 Å².